The van der Waals surface area contributed by atoms with Crippen LogP contribution in [0, 0.1) is 0 Å². The quantitative estimate of drug-likeness (QED) is 0.673. The Hall–Kier alpha value is -2.02. The van der Waals surface area contributed by atoms with E-state index in [0.717, 1.165) is 11.3 Å². The molecule has 0 aromatic heterocycles. The fourth-order valence-electron chi connectivity index (χ4n) is 2.70. The predicted octanol–water partition coefficient (Wildman–Crippen LogP) is 1.40. The summed E-state index contributed by atoms with van der Waals surface area (Å²) in [6.45, 7) is 0.207. The molecular weight excluding hydrogens is 304 g/mol. The molecular formula is C15H16N2O4S. The summed E-state index contributed by atoms with van der Waals surface area (Å²) in [5.74, 6) is 0.950. The van der Waals surface area contributed by atoms with Gasteiger partial charge in [-0.05, 0) is 29.9 Å². The van der Waals surface area contributed by atoms with Crippen LogP contribution in [0.15, 0.2) is 24.3 Å². The molecule has 6 nitrogen and oxygen atoms in total. The van der Waals surface area contributed by atoms with Crippen molar-refractivity contribution in [3.8, 4) is 0 Å². The maximum atomic E-state index is 12.5. The molecule has 1 aromatic carbocycles. The van der Waals surface area contributed by atoms with Crippen molar-refractivity contribution in [3.63, 3.8) is 0 Å². The first kappa shape index (κ1) is 14.9. The number of carbonyl (C=O) groups excluding carboxylic acids is 3. The van der Waals surface area contributed by atoms with Crippen molar-refractivity contribution in [2.24, 2.45) is 0 Å². The summed E-state index contributed by atoms with van der Waals surface area (Å²) in [7, 11) is 1.32. The summed E-state index contributed by atoms with van der Waals surface area (Å²) in [5.41, 5.74) is 0.513. The minimum atomic E-state index is -0.715. The van der Waals surface area contributed by atoms with Crippen LogP contribution in [0.5, 0.6) is 0 Å². The van der Waals surface area contributed by atoms with Gasteiger partial charge in [0, 0.05) is 5.75 Å². The van der Waals surface area contributed by atoms with E-state index >= 15 is 0 Å². The second kappa shape index (κ2) is 5.64. The van der Waals surface area contributed by atoms with Gasteiger partial charge in [-0.3, -0.25) is 9.69 Å². The highest BCUT2D eigenvalue weighted by Crippen LogP contribution is 2.33. The van der Waals surface area contributed by atoms with Gasteiger partial charge in [0.25, 0.3) is 5.91 Å². The first-order valence-electron chi connectivity index (χ1n) is 6.95. The number of nitrogens with one attached hydrogen (secondary N) is 1. The van der Waals surface area contributed by atoms with Crippen molar-refractivity contribution in [2.45, 2.75) is 18.5 Å². The van der Waals surface area contributed by atoms with Crippen LogP contribution in [-0.2, 0) is 16.1 Å². The lowest BCUT2D eigenvalue weighted by Gasteiger charge is -2.19. The van der Waals surface area contributed by atoms with Crippen molar-refractivity contribution in [3.05, 3.63) is 35.4 Å². The van der Waals surface area contributed by atoms with Gasteiger partial charge in [-0.2, -0.15) is 11.8 Å². The highest BCUT2D eigenvalue weighted by atomic mass is 32.2. The molecule has 2 fully saturated rings. The molecule has 0 aliphatic carbocycles. The largest absolute Gasteiger partial charge is 0.465 e. The van der Waals surface area contributed by atoms with Gasteiger partial charge in [-0.25, -0.2) is 9.59 Å². The molecule has 22 heavy (non-hydrogen) atoms. The number of esters is 1. The van der Waals surface area contributed by atoms with E-state index in [1.165, 1.54) is 12.0 Å². The molecule has 3 amide bonds. The first-order valence-corrected chi connectivity index (χ1v) is 8.10. The standard InChI is InChI=1S/C15H16N2O4S/c1-21-12(18)11-4-2-10(3-5-11)8-17-13(19)15(16-14(17)20)6-7-22-9-15/h2-5H,6-9H2,1H3,(H,16,20)/t15-/m1/s1. The fourth-order valence-corrected chi connectivity index (χ4v) is 4.02. The van der Waals surface area contributed by atoms with Crippen molar-refractivity contribution in [1.29, 1.82) is 0 Å². The van der Waals surface area contributed by atoms with E-state index in [-0.39, 0.29) is 18.5 Å². The minimum absolute atomic E-state index is 0.153. The molecule has 1 N–H and O–H groups in total. The monoisotopic (exact) mass is 320 g/mol. The Labute approximate surface area is 132 Å². The molecule has 2 heterocycles. The van der Waals surface area contributed by atoms with Gasteiger partial charge in [0.1, 0.15) is 5.54 Å². The third-order valence-electron chi connectivity index (χ3n) is 3.98. The summed E-state index contributed by atoms with van der Waals surface area (Å²) in [6.07, 6.45) is 0.681. The Balaban J connectivity index is 1.74. The summed E-state index contributed by atoms with van der Waals surface area (Å²) in [6, 6.07) is 6.36. The van der Waals surface area contributed by atoms with E-state index in [1.54, 1.807) is 36.0 Å². The molecule has 0 unspecified atom stereocenters. The number of hydrogen-bond donors (Lipinski definition) is 1. The lowest BCUT2D eigenvalue weighted by Crippen LogP contribution is -2.46. The molecule has 0 radical (unpaired) electrons. The third kappa shape index (κ3) is 2.45. The van der Waals surface area contributed by atoms with Crippen LogP contribution in [0.4, 0.5) is 4.79 Å². The van der Waals surface area contributed by atoms with Gasteiger partial charge >= 0.3 is 12.0 Å². The Morgan fingerprint density at radius 2 is 2.09 bits per heavy atom. The van der Waals surface area contributed by atoms with Crippen LogP contribution < -0.4 is 5.32 Å². The van der Waals surface area contributed by atoms with Gasteiger partial charge in [0.15, 0.2) is 0 Å². The Kier molecular flexibility index (Phi) is 3.82. The Bertz CT molecular complexity index is 623. The smallest absolute Gasteiger partial charge is 0.337 e. The molecule has 0 bridgehead atoms. The van der Waals surface area contributed by atoms with Gasteiger partial charge < -0.3 is 10.1 Å². The number of rotatable bonds is 3. The molecule has 1 aromatic rings. The number of methoxy groups -OCH3 is 1. The number of carbonyl (C=O) groups is 3. The zero-order valence-electron chi connectivity index (χ0n) is 12.1. The molecule has 2 saturated heterocycles. The lowest BCUT2D eigenvalue weighted by molar-refractivity contribution is -0.130. The average molecular weight is 320 g/mol. The minimum Gasteiger partial charge on any atom is -0.465 e. The second-order valence-electron chi connectivity index (χ2n) is 5.39. The SMILES string of the molecule is COC(=O)c1ccc(CN2C(=O)N[C@@]3(CCSC3)C2=O)cc1. The van der Waals surface area contributed by atoms with E-state index < -0.39 is 11.5 Å². The number of benzene rings is 1. The molecule has 116 valence electrons. The maximum absolute atomic E-state index is 12.5. The summed E-state index contributed by atoms with van der Waals surface area (Å²) in [5, 5.41) is 2.83. The summed E-state index contributed by atoms with van der Waals surface area (Å²) < 4.78 is 4.64. The van der Waals surface area contributed by atoms with Crippen LogP contribution in [0.3, 0.4) is 0 Å². The van der Waals surface area contributed by atoms with E-state index in [9.17, 15) is 14.4 Å². The molecule has 1 atom stereocenters. The maximum Gasteiger partial charge on any atom is 0.337 e. The van der Waals surface area contributed by atoms with Gasteiger partial charge in [-0.1, -0.05) is 12.1 Å². The van der Waals surface area contributed by atoms with Crippen molar-refractivity contribution in [2.75, 3.05) is 18.6 Å². The number of hydrogen-bond acceptors (Lipinski definition) is 5. The van der Waals surface area contributed by atoms with Crippen molar-refractivity contribution >= 4 is 29.7 Å². The molecule has 1 spiro atoms. The Morgan fingerprint density at radius 1 is 1.36 bits per heavy atom. The highest BCUT2D eigenvalue weighted by Gasteiger charge is 2.52. The molecule has 7 heteroatoms. The van der Waals surface area contributed by atoms with Crippen molar-refractivity contribution in [1.82, 2.24) is 10.2 Å². The third-order valence-corrected chi connectivity index (χ3v) is 5.17. The van der Waals surface area contributed by atoms with Gasteiger partial charge in [-0.15, -0.1) is 0 Å². The summed E-state index contributed by atoms with van der Waals surface area (Å²) >= 11 is 1.68. The number of amides is 3. The molecule has 0 saturated carbocycles. The first-order chi connectivity index (χ1) is 10.6. The number of nitrogens with zero attached hydrogens (tertiary/aromatic N) is 1. The second-order valence-corrected chi connectivity index (χ2v) is 6.50. The number of thioether (sulfide) groups is 1. The highest BCUT2D eigenvalue weighted by molar-refractivity contribution is 7.99. The molecule has 3 rings (SSSR count). The normalized spacial score (nSPS) is 24.0. The molecule has 2 aliphatic heterocycles. The van der Waals surface area contributed by atoms with E-state index in [2.05, 4.69) is 10.1 Å². The number of ether oxygens (including phenoxy) is 1. The lowest BCUT2D eigenvalue weighted by atomic mass is 9.99. The van der Waals surface area contributed by atoms with Gasteiger partial charge in [0.05, 0.1) is 19.2 Å². The van der Waals surface area contributed by atoms with Crippen LogP contribution in [0.1, 0.15) is 22.3 Å². The van der Waals surface area contributed by atoms with E-state index in [1.807, 2.05) is 0 Å². The fraction of sp³-hybridized carbons (Fsp3) is 0.400. The van der Waals surface area contributed by atoms with Crippen molar-refractivity contribution < 1.29 is 19.1 Å². The van der Waals surface area contributed by atoms with Crippen LogP contribution >= 0.6 is 11.8 Å². The molecule has 2 aliphatic rings. The number of urea groups is 1. The van der Waals surface area contributed by atoms with Gasteiger partial charge in [0.2, 0.25) is 0 Å². The van der Waals surface area contributed by atoms with Crippen LogP contribution in [-0.4, -0.2) is 47.0 Å². The van der Waals surface area contributed by atoms with E-state index in [4.69, 9.17) is 0 Å². The zero-order chi connectivity index (χ0) is 15.7. The average Bonchev–Trinajstić information content (AvgIpc) is 3.09. The topological polar surface area (TPSA) is 75.7 Å². The van der Waals surface area contributed by atoms with Crippen LogP contribution in [0.2, 0.25) is 0 Å². The predicted molar refractivity (Wildman–Crippen MR) is 81.5 cm³/mol. The van der Waals surface area contributed by atoms with E-state index in [0.29, 0.717) is 17.7 Å². The summed E-state index contributed by atoms with van der Waals surface area (Å²) in [4.78, 5) is 37.2. The zero-order valence-corrected chi connectivity index (χ0v) is 12.9. The number of imide groups is 1. The Morgan fingerprint density at radius 3 is 2.68 bits per heavy atom. The van der Waals surface area contributed by atoms with Crippen LogP contribution in [0.25, 0.3) is 0 Å².